The largest absolute Gasteiger partial charge is 0.508 e. The molecular formula is C23H25FO4. The Bertz CT molecular complexity index is 873. The van der Waals surface area contributed by atoms with E-state index >= 15 is 4.39 Å². The van der Waals surface area contributed by atoms with Crippen molar-refractivity contribution in [1.29, 1.82) is 0 Å². The molecule has 3 atom stereocenters. The molecule has 4 rings (SSSR count). The second-order valence-corrected chi connectivity index (χ2v) is 7.87. The smallest absolute Gasteiger partial charge is 0.309 e. The number of rotatable bonds is 5. The van der Waals surface area contributed by atoms with Crippen LogP contribution in [-0.2, 0) is 16.0 Å². The molecule has 1 unspecified atom stereocenters. The van der Waals surface area contributed by atoms with Gasteiger partial charge in [-0.1, -0.05) is 31.2 Å². The quantitative estimate of drug-likeness (QED) is 0.745. The van der Waals surface area contributed by atoms with Gasteiger partial charge in [0.05, 0.1) is 13.0 Å². The minimum Gasteiger partial charge on any atom is -0.508 e. The van der Waals surface area contributed by atoms with E-state index in [0.29, 0.717) is 17.2 Å². The van der Waals surface area contributed by atoms with E-state index in [2.05, 4.69) is 0 Å². The number of carbonyl (C=O) groups excluding carboxylic acids is 1. The van der Waals surface area contributed by atoms with Crippen molar-refractivity contribution < 1.29 is 23.8 Å². The van der Waals surface area contributed by atoms with Crippen molar-refractivity contribution in [2.75, 3.05) is 7.11 Å². The molecule has 0 spiro atoms. The fourth-order valence-electron chi connectivity index (χ4n) is 4.32. The molecule has 2 aromatic carbocycles. The molecule has 2 aromatic rings. The molecule has 28 heavy (non-hydrogen) atoms. The first-order valence-electron chi connectivity index (χ1n) is 9.84. The van der Waals surface area contributed by atoms with Crippen LogP contribution in [0.15, 0.2) is 36.4 Å². The van der Waals surface area contributed by atoms with Crippen LogP contribution in [0, 0.1) is 17.7 Å². The van der Waals surface area contributed by atoms with Crippen molar-refractivity contribution in [3.05, 3.63) is 58.9 Å². The molecule has 148 valence electrons. The van der Waals surface area contributed by atoms with E-state index in [4.69, 9.17) is 9.47 Å². The Morgan fingerprint density at radius 1 is 1.18 bits per heavy atom. The van der Waals surface area contributed by atoms with Gasteiger partial charge in [0.25, 0.3) is 0 Å². The van der Waals surface area contributed by atoms with E-state index in [9.17, 15) is 9.90 Å². The Hall–Kier alpha value is -2.56. The number of benzene rings is 2. The van der Waals surface area contributed by atoms with E-state index in [0.717, 1.165) is 36.8 Å². The van der Waals surface area contributed by atoms with Crippen LogP contribution in [0.5, 0.6) is 11.5 Å². The molecule has 1 fully saturated rings. The Labute approximate surface area is 164 Å². The van der Waals surface area contributed by atoms with E-state index in [1.165, 1.54) is 7.11 Å². The number of carbonyl (C=O) groups is 1. The van der Waals surface area contributed by atoms with Gasteiger partial charge >= 0.3 is 5.97 Å². The summed E-state index contributed by atoms with van der Waals surface area (Å²) in [6, 6.07) is 10.6. The highest BCUT2D eigenvalue weighted by atomic mass is 19.1. The predicted octanol–water partition coefficient (Wildman–Crippen LogP) is 4.90. The van der Waals surface area contributed by atoms with Gasteiger partial charge in [0.1, 0.15) is 11.9 Å². The van der Waals surface area contributed by atoms with Gasteiger partial charge in [-0.15, -0.1) is 0 Å². The van der Waals surface area contributed by atoms with Crippen LogP contribution in [0.3, 0.4) is 0 Å². The zero-order valence-corrected chi connectivity index (χ0v) is 16.2. The Morgan fingerprint density at radius 2 is 1.89 bits per heavy atom. The summed E-state index contributed by atoms with van der Waals surface area (Å²) in [6.07, 6.45) is 3.22. The lowest BCUT2D eigenvalue weighted by atomic mass is 9.82. The summed E-state index contributed by atoms with van der Waals surface area (Å²) in [4.78, 5) is 12.1. The van der Waals surface area contributed by atoms with Crippen LogP contribution in [0.2, 0.25) is 0 Å². The summed E-state index contributed by atoms with van der Waals surface area (Å²) in [5.41, 5.74) is 2.32. The third-order valence-corrected chi connectivity index (χ3v) is 6.01. The summed E-state index contributed by atoms with van der Waals surface area (Å²) in [7, 11) is 1.37. The molecular weight excluding hydrogens is 359 g/mol. The molecule has 2 aliphatic rings. The number of hydrogen-bond acceptors (Lipinski definition) is 4. The van der Waals surface area contributed by atoms with Crippen molar-refractivity contribution in [2.45, 2.75) is 44.6 Å². The van der Waals surface area contributed by atoms with Gasteiger partial charge in [-0.3, -0.25) is 4.79 Å². The first-order chi connectivity index (χ1) is 13.5. The molecule has 0 bridgehead atoms. The van der Waals surface area contributed by atoms with Crippen LogP contribution in [0.25, 0.3) is 0 Å². The fourth-order valence-corrected chi connectivity index (χ4v) is 4.32. The summed E-state index contributed by atoms with van der Waals surface area (Å²) in [6.45, 7) is 1.81. The fraction of sp³-hybridized carbons (Fsp3) is 0.435. The molecule has 1 aliphatic carbocycles. The van der Waals surface area contributed by atoms with Crippen molar-refractivity contribution in [3.63, 3.8) is 0 Å². The molecule has 0 aromatic heterocycles. The van der Waals surface area contributed by atoms with Crippen molar-refractivity contribution in [3.8, 4) is 11.5 Å². The second kappa shape index (κ2) is 7.46. The minimum absolute atomic E-state index is 0.192. The summed E-state index contributed by atoms with van der Waals surface area (Å²) in [5.74, 6) is -0.470. The molecule has 0 amide bonds. The van der Waals surface area contributed by atoms with Gasteiger partial charge in [-0.25, -0.2) is 4.39 Å². The SMILES string of the molecule is COC(=O)[C@@H](C)[C@H](c1ccc2c(c1F)OC(c1ccc(O)cc1)CC2)C1CC1. The van der Waals surface area contributed by atoms with Gasteiger partial charge in [-0.2, -0.15) is 0 Å². The van der Waals surface area contributed by atoms with Gasteiger partial charge in [0.15, 0.2) is 11.6 Å². The third kappa shape index (κ3) is 3.46. The highest BCUT2D eigenvalue weighted by Crippen LogP contribution is 2.49. The van der Waals surface area contributed by atoms with Crippen LogP contribution < -0.4 is 4.74 Å². The molecule has 0 radical (unpaired) electrons. The average molecular weight is 384 g/mol. The molecule has 1 saturated carbocycles. The second-order valence-electron chi connectivity index (χ2n) is 7.87. The summed E-state index contributed by atoms with van der Waals surface area (Å²) in [5, 5.41) is 9.49. The number of phenols is 1. The van der Waals surface area contributed by atoms with Gasteiger partial charge in [-0.05, 0) is 60.4 Å². The number of aryl methyl sites for hydroxylation is 1. The maximum Gasteiger partial charge on any atom is 0.309 e. The molecule has 1 heterocycles. The Balaban J connectivity index is 1.66. The number of esters is 1. The van der Waals surface area contributed by atoms with Gasteiger partial charge in [0, 0.05) is 5.92 Å². The van der Waals surface area contributed by atoms with Gasteiger partial charge < -0.3 is 14.6 Å². The van der Waals surface area contributed by atoms with Crippen LogP contribution >= 0.6 is 0 Å². The minimum atomic E-state index is -0.401. The van der Waals surface area contributed by atoms with E-state index < -0.39 is 5.92 Å². The standard InChI is InChI=1S/C23H25FO4/c1-13(23(26)27-2)20(15-3-4-15)18-11-7-16-8-12-19(28-22(16)21(18)24)14-5-9-17(25)10-6-14/h5-7,9-11,13,15,19-20,25H,3-4,8,12H2,1-2H3/t13-,19?,20-/m0/s1. The number of phenolic OH excluding ortho intramolecular Hbond substituents is 1. The number of methoxy groups -OCH3 is 1. The van der Waals surface area contributed by atoms with E-state index in [1.54, 1.807) is 24.3 Å². The first kappa shape index (κ1) is 18.8. The van der Waals surface area contributed by atoms with Crippen LogP contribution in [0.4, 0.5) is 4.39 Å². The third-order valence-electron chi connectivity index (χ3n) is 6.01. The molecule has 1 aliphatic heterocycles. The maximum atomic E-state index is 15.6. The zero-order chi connectivity index (χ0) is 19.8. The molecule has 1 N–H and O–H groups in total. The number of aromatic hydroxyl groups is 1. The average Bonchev–Trinajstić information content (AvgIpc) is 3.54. The van der Waals surface area contributed by atoms with Crippen LogP contribution in [-0.4, -0.2) is 18.2 Å². The van der Waals surface area contributed by atoms with Crippen molar-refractivity contribution in [2.24, 2.45) is 11.8 Å². The zero-order valence-electron chi connectivity index (χ0n) is 16.2. The monoisotopic (exact) mass is 384 g/mol. The van der Waals surface area contributed by atoms with Gasteiger partial charge in [0.2, 0.25) is 0 Å². The topological polar surface area (TPSA) is 55.8 Å². The van der Waals surface area contributed by atoms with Crippen molar-refractivity contribution >= 4 is 5.97 Å². The summed E-state index contributed by atoms with van der Waals surface area (Å²) < 4.78 is 26.5. The lowest BCUT2D eigenvalue weighted by Crippen LogP contribution is -2.24. The number of fused-ring (bicyclic) bond motifs is 1. The Morgan fingerprint density at radius 3 is 2.54 bits per heavy atom. The maximum absolute atomic E-state index is 15.6. The molecule has 4 nitrogen and oxygen atoms in total. The van der Waals surface area contributed by atoms with E-state index in [-0.39, 0.29) is 29.6 Å². The highest BCUT2D eigenvalue weighted by Gasteiger charge is 2.41. The number of ether oxygens (including phenoxy) is 2. The first-order valence-corrected chi connectivity index (χ1v) is 9.84. The predicted molar refractivity (Wildman–Crippen MR) is 103 cm³/mol. The highest BCUT2D eigenvalue weighted by molar-refractivity contribution is 5.73. The molecule has 5 heteroatoms. The number of hydrogen-bond donors (Lipinski definition) is 1. The normalized spacial score (nSPS) is 20.6. The Kier molecular flexibility index (Phi) is 5.00. The van der Waals surface area contributed by atoms with Crippen LogP contribution in [0.1, 0.15) is 54.9 Å². The lowest BCUT2D eigenvalue weighted by molar-refractivity contribution is -0.145. The summed E-state index contributed by atoms with van der Waals surface area (Å²) >= 11 is 0. The number of halogens is 1. The lowest BCUT2D eigenvalue weighted by Gasteiger charge is -2.29. The van der Waals surface area contributed by atoms with Crippen molar-refractivity contribution in [1.82, 2.24) is 0 Å². The van der Waals surface area contributed by atoms with E-state index in [1.807, 2.05) is 19.1 Å². The molecule has 0 saturated heterocycles.